The molecule has 0 N–H and O–H groups in total. The molecule has 0 saturated heterocycles. The van der Waals surface area contributed by atoms with Crippen molar-refractivity contribution >= 4 is 23.1 Å². The van der Waals surface area contributed by atoms with E-state index < -0.39 is 0 Å². The summed E-state index contributed by atoms with van der Waals surface area (Å²) in [7, 11) is 0. The van der Waals surface area contributed by atoms with Crippen LogP contribution >= 0.6 is 12.2 Å². The van der Waals surface area contributed by atoms with Crippen molar-refractivity contribution < 1.29 is 4.74 Å². The number of hydrogen-bond donors (Lipinski definition) is 0. The second kappa shape index (κ2) is 3.05. The van der Waals surface area contributed by atoms with Crippen LogP contribution in [0.5, 0.6) is 5.75 Å². The van der Waals surface area contributed by atoms with Gasteiger partial charge in [0.25, 0.3) is 0 Å². The van der Waals surface area contributed by atoms with Crippen molar-refractivity contribution in [2.45, 2.75) is 6.42 Å². The maximum Gasteiger partial charge on any atom is 0.124 e. The van der Waals surface area contributed by atoms with Gasteiger partial charge < -0.3 is 4.74 Å². The molecular formula is C9H7NOS. The highest BCUT2D eigenvalue weighted by molar-refractivity contribution is 7.78. The van der Waals surface area contributed by atoms with Crippen molar-refractivity contribution in [2.24, 2.45) is 4.99 Å². The van der Waals surface area contributed by atoms with Gasteiger partial charge >= 0.3 is 0 Å². The van der Waals surface area contributed by atoms with Crippen LogP contribution in [0.4, 0.5) is 5.69 Å². The second-order valence-corrected chi connectivity index (χ2v) is 2.74. The van der Waals surface area contributed by atoms with Gasteiger partial charge in [0, 0.05) is 12.0 Å². The van der Waals surface area contributed by atoms with E-state index in [0.29, 0.717) is 0 Å². The standard InChI is InChI=1S/C9H7NOS/c12-6-10-8-2-1-3-9-7(8)4-5-11-9/h1-3H,4-5H2. The first-order chi connectivity index (χ1) is 5.92. The lowest BCUT2D eigenvalue weighted by Gasteiger charge is -1.98. The molecule has 0 spiro atoms. The second-order valence-electron chi connectivity index (χ2n) is 2.56. The van der Waals surface area contributed by atoms with Gasteiger partial charge in [0.1, 0.15) is 5.75 Å². The van der Waals surface area contributed by atoms with Gasteiger partial charge in [0.2, 0.25) is 0 Å². The van der Waals surface area contributed by atoms with E-state index in [4.69, 9.17) is 4.74 Å². The number of thiocarbonyl (C=S) groups is 1. The summed E-state index contributed by atoms with van der Waals surface area (Å²) in [5.41, 5.74) is 2.04. The predicted molar refractivity (Wildman–Crippen MR) is 50.3 cm³/mol. The highest BCUT2D eigenvalue weighted by Crippen LogP contribution is 2.32. The van der Waals surface area contributed by atoms with E-state index in [1.54, 1.807) is 0 Å². The zero-order valence-corrected chi connectivity index (χ0v) is 7.23. The molecule has 2 rings (SSSR count). The average molecular weight is 177 g/mol. The van der Waals surface area contributed by atoms with Gasteiger partial charge in [-0.05, 0) is 24.4 Å². The molecule has 1 aromatic carbocycles. The van der Waals surface area contributed by atoms with Crippen molar-refractivity contribution in [3.63, 3.8) is 0 Å². The van der Waals surface area contributed by atoms with Crippen LogP contribution in [0.2, 0.25) is 0 Å². The van der Waals surface area contributed by atoms with Gasteiger partial charge in [-0.3, -0.25) is 0 Å². The Kier molecular flexibility index (Phi) is 1.90. The van der Waals surface area contributed by atoms with E-state index in [1.165, 1.54) is 0 Å². The first kappa shape index (κ1) is 7.47. The van der Waals surface area contributed by atoms with Crippen LogP contribution in [0.15, 0.2) is 23.2 Å². The molecule has 1 aliphatic rings. The Hall–Kier alpha value is -1.18. The molecule has 3 heteroatoms. The van der Waals surface area contributed by atoms with Gasteiger partial charge in [0.15, 0.2) is 0 Å². The first-order valence-corrected chi connectivity index (χ1v) is 4.15. The van der Waals surface area contributed by atoms with Gasteiger partial charge in [-0.25, -0.2) is 0 Å². The van der Waals surface area contributed by atoms with Crippen molar-refractivity contribution in [1.29, 1.82) is 0 Å². The van der Waals surface area contributed by atoms with Crippen LogP contribution in [0, 0.1) is 0 Å². The molecule has 1 aromatic rings. The molecular weight excluding hydrogens is 170 g/mol. The lowest BCUT2D eigenvalue weighted by atomic mass is 10.1. The summed E-state index contributed by atoms with van der Waals surface area (Å²) in [6.07, 6.45) is 0.923. The third-order valence-electron chi connectivity index (χ3n) is 1.88. The minimum Gasteiger partial charge on any atom is -0.493 e. The Balaban J connectivity index is 2.56. The Morgan fingerprint density at radius 2 is 2.42 bits per heavy atom. The number of rotatable bonds is 1. The van der Waals surface area contributed by atoms with Gasteiger partial charge in [-0.1, -0.05) is 6.07 Å². The van der Waals surface area contributed by atoms with E-state index >= 15 is 0 Å². The molecule has 2 nitrogen and oxygen atoms in total. The van der Waals surface area contributed by atoms with Crippen LogP contribution in [0.3, 0.4) is 0 Å². The van der Waals surface area contributed by atoms with E-state index in [9.17, 15) is 0 Å². The highest BCUT2D eigenvalue weighted by atomic mass is 32.1. The minimum absolute atomic E-state index is 0.749. The van der Waals surface area contributed by atoms with Gasteiger partial charge in [-0.2, -0.15) is 4.99 Å². The largest absolute Gasteiger partial charge is 0.493 e. The monoisotopic (exact) mass is 177 g/mol. The Bertz CT molecular complexity index is 356. The molecule has 0 unspecified atom stereocenters. The van der Waals surface area contributed by atoms with E-state index in [2.05, 4.69) is 22.4 Å². The van der Waals surface area contributed by atoms with Gasteiger partial charge in [-0.15, -0.1) is 0 Å². The quantitative estimate of drug-likeness (QED) is 0.485. The van der Waals surface area contributed by atoms with E-state index in [1.807, 2.05) is 18.2 Å². The van der Waals surface area contributed by atoms with Crippen LogP contribution in [-0.2, 0) is 6.42 Å². The van der Waals surface area contributed by atoms with Crippen molar-refractivity contribution in [3.05, 3.63) is 23.8 Å². The van der Waals surface area contributed by atoms with Crippen molar-refractivity contribution in [2.75, 3.05) is 6.61 Å². The van der Waals surface area contributed by atoms with E-state index in [0.717, 1.165) is 30.0 Å². The maximum atomic E-state index is 5.36. The van der Waals surface area contributed by atoms with Crippen LogP contribution < -0.4 is 4.74 Å². The summed E-state index contributed by atoms with van der Waals surface area (Å²) in [6, 6.07) is 5.78. The summed E-state index contributed by atoms with van der Waals surface area (Å²) in [5.74, 6) is 0.932. The number of benzene rings is 1. The van der Waals surface area contributed by atoms with Gasteiger partial charge in [0.05, 0.1) is 17.5 Å². The number of isothiocyanates is 1. The van der Waals surface area contributed by atoms with Crippen molar-refractivity contribution in [1.82, 2.24) is 0 Å². The zero-order valence-electron chi connectivity index (χ0n) is 6.41. The third-order valence-corrected chi connectivity index (χ3v) is 1.98. The first-order valence-electron chi connectivity index (χ1n) is 3.74. The molecule has 0 aromatic heterocycles. The Morgan fingerprint density at radius 3 is 3.25 bits per heavy atom. The fourth-order valence-electron chi connectivity index (χ4n) is 1.36. The molecule has 0 amide bonds. The van der Waals surface area contributed by atoms with Crippen LogP contribution in [0.1, 0.15) is 5.56 Å². The minimum atomic E-state index is 0.749. The summed E-state index contributed by atoms with van der Waals surface area (Å²) in [4.78, 5) is 3.96. The molecule has 1 aliphatic heterocycles. The topological polar surface area (TPSA) is 21.6 Å². The number of ether oxygens (including phenoxy) is 1. The van der Waals surface area contributed by atoms with Crippen LogP contribution in [-0.4, -0.2) is 11.8 Å². The molecule has 12 heavy (non-hydrogen) atoms. The highest BCUT2D eigenvalue weighted by Gasteiger charge is 2.14. The number of hydrogen-bond acceptors (Lipinski definition) is 3. The summed E-state index contributed by atoms with van der Waals surface area (Å²) in [6.45, 7) is 0.749. The number of fused-ring (bicyclic) bond motifs is 1. The molecule has 0 bridgehead atoms. The molecule has 0 saturated carbocycles. The lowest BCUT2D eigenvalue weighted by Crippen LogP contribution is -1.85. The summed E-state index contributed by atoms with van der Waals surface area (Å²) >= 11 is 4.55. The zero-order chi connectivity index (χ0) is 8.39. The Labute approximate surface area is 75.9 Å². The smallest absolute Gasteiger partial charge is 0.124 e. The fourth-order valence-corrected chi connectivity index (χ4v) is 1.46. The Morgan fingerprint density at radius 1 is 1.50 bits per heavy atom. The lowest BCUT2D eigenvalue weighted by molar-refractivity contribution is 0.357. The number of aliphatic imine (C=N–C) groups is 1. The summed E-state index contributed by atoms with van der Waals surface area (Å²) in [5, 5.41) is 2.37. The molecule has 0 fully saturated rings. The average Bonchev–Trinajstić information content (AvgIpc) is 2.53. The summed E-state index contributed by atoms with van der Waals surface area (Å²) < 4.78 is 5.36. The fraction of sp³-hybridized carbons (Fsp3) is 0.222. The van der Waals surface area contributed by atoms with Crippen LogP contribution in [0.25, 0.3) is 0 Å². The molecule has 60 valence electrons. The number of nitrogens with zero attached hydrogens (tertiary/aromatic N) is 1. The maximum absolute atomic E-state index is 5.36. The third kappa shape index (κ3) is 1.13. The SMILES string of the molecule is S=C=Nc1cccc2c1CCO2. The molecule has 0 radical (unpaired) electrons. The normalized spacial score (nSPS) is 13.0. The molecule has 0 atom stereocenters. The predicted octanol–water partition coefficient (Wildman–Crippen LogP) is 2.36. The molecule has 1 heterocycles. The van der Waals surface area contributed by atoms with E-state index in [-0.39, 0.29) is 0 Å². The molecule has 0 aliphatic carbocycles. The van der Waals surface area contributed by atoms with Crippen molar-refractivity contribution in [3.8, 4) is 5.75 Å².